The van der Waals surface area contributed by atoms with E-state index in [1.165, 1.54) is 5.69 Å². The molecule has 0 atom stereocenters. The van der Waals surface area contributed by atoms with E-state index in [0.717, 1.165) is 86.3 Å². The Balaban J connectivity index is 1.34. The summed E-state index contributed by atoms with van der Waals surface area (Å²) in [6.45, 7) is 10.9. The summed E-state index contributed by atoms with van der Waals surface area (Å²) in [5, 5.41) is 6.39. The van der Waals surface area contributed by atoms with E-state index in [2.05, 4.69) is 86.6 Å². The lowest BCUT2D eigenvalue weighted by Crippen LogP contribution is -2.44. The lowest BCUT2D eigenvalue weighted by molar-refractivity contribution is 0.102. The minimum Gasteiger partial charge on any atom is -0.405 e. The van der Waals surface area contributed by atoms with Crippen molar-refractivity contribution in [3.8, 4) is 0 Å². The molecule has 1 amide bonds. The second-order valence-corrected chi connectivity index (χ2v) is 10.9. The van der Waals surface area contributed by atoms with Gasteiger partial charge in [0.25, 0.3) is 5.91 Å². The van der Waals surface area contributed by atoms with Crippen molar-refractivity contribution >= 4 is 28.7 Å². The fourth-order valence-electron chi connectivity index (χ4n) is 5.49. The first-order valence-electron chi connectivity index (χ1n) is 14.4. The molecule has 0 aliphatic carbocycles. The average Bonchev–Trinajstić information content (AvgIpc) is 3.00. The van der Waals surface area contributed by atoms with E-state index in [1.807, 2.05) is 24.3 Å². The van der Waals surface area contributed by atoms with Gasteiger partial charge in [0.2, 0.25) is 0 Å². The fourth-order valence-corrected chi connectivity index (χ4v) is 5.49. The molecule has 3 aliphatic rings. The maximum atomic E-state index is 13.3. The standard InChI is InChI=1S/C32H42N8O/c1-4-27(39-17-13-37(2)14-18-39)21-24(9-11-33)29-10-12-34-31-30(29)22-25(23-35-31)32(41)36-26-5-7-28(8-6-26)40-19-15-38(3)16-20-40/h4-11,21-23H,12-20,33H2,1-3H3,(H,34,35)(H,36,41)/b11-9-,24-21+,27-4-. The number of likely N-dealkylation sites (N-methyl/N-ethyl adjacent to an activating group) is 2. The number of anilines is 3. The van der Waals surface area contributed by atoms with Gasteiger partial charge in [-0.1, -0.05) is 12.2 Å². The first kappa shape index (κ1) is 28.4. The summed E-state index contributed by atoms with van der Waals surface area (Å²) >= 11 is 0. The van der Waals surface area contributed by atoms with Gasteiger partial charge in [-0.15, -0.1) is 0 Å². The molecule has 0 unspecified atom stereocenters. The number of carbonyl (C=O) groups is 1. The quantitative estimate of drug-likeness (QED) is 0.449. The van der Waals surface area contributed by atoms with Gasteiger partial charge in [0.1, 0.15) is 5.82 Å². The van der Waals surface area contributed by atoms with E-state index in [1.54, 1.807) is 12.4 Å². The molecule has 0 saturated carbocycles. The predicted octanol–water partition coefficient (Wildman–Crippen LogP) is 3.44. The number of pyridine rings is 1. The number of nitrogens with two attached hydrogens (primary N) is 1. The molecule has 4 N–H and O–H groups in total. The van der Waals surface area contributed by atoms with Crippen LogP contribution in [0.4, 0.5) is 17.2 Å². The molecule has 5 rings (SSSR count). The Hall–Kier alpha value is -4.08. The van der Waals surface area contributed by atoms with Crippen molar-refractivity contribution in [1.82, 2.24) is 19.7 Å². The summed E-state index contributed by atoms with van der Waals surface area (Å²) in [6.07, 6.45) is 11.6. The monoisotopic (exact) mass is 554 g/mol. The third kappa shape index (κ3) is 6.81. The van der Waals surface area contributed by atoms with E-state index in [4.69, 9.17) is 5.73 Å². The first-order chi connectivity index (χ1) is 19.9. The summed E-state index contributed by atoms with van der Waals surface area (Å²) in [7, 11) is 4.31. The molecule has 0 spiro atoms. The maximum absolute atomic E-state index is 13.3. The molecule has 0 bridgehead atoms. The van der Waals surface area contributed by atoms with E-state index >= 15 is 0 Å². The summed E-state index contributed by atoms with van der Waals surface area (Å²) in [6, 6.07) is 10.00. The molecule has 216 valence electrons. The molecule has 4 heterocycles. The first-order valence-corrected chi connectivity index (χ1v) is 14.4. The number of hydrogen-bond donors (Lipinski definition) is 3. The Morgan fingerprint density at radius 3 is 2.34 bits per heavy atom. The molecule has 41 heavy (non-hydrogen) atoms. The number of allylic oxidation sites excluding steroid dienone is 5. The Morgan fingerprint density at radius 1 is 1.00 bits per heavy atom. The van der Waals surface area contributed by atoms with Gasteiger partial charge >= 0.3 is 0 Å². The van der Waals surface area contributed by atoms with Crippen LogP contribution in [-0.4, -0.2) is 98.6 Å². The van der Waals surface area contributed by atoms with Gasteiger partial charge in [0.15, 0.2) is 0 Å². The van der Waals surface area contributed by atoms with Gasteiger partial charge in [-0.2, -0.15) is 0 Å². The van der Waals surface area contributed by atoms with Crippen LogP contribution in [0.3, 0.4) is 0 Å². The number of aromatic nitrogens is 1. The van der Waals surface area contributed by atoms with Crippen molar-refractivity contribution < 1.29 is 4.79 Å². The van der Waals surface area contributed by atoms with E-state index in [0.29, 0.717) is 12.1 Å². The highest BCUT2D eigenvalue weighted by Gasteiger charge is 2.21. The number of rotatable bonds is 7. The molecular formula is C32H42N8O. The number of hydrogen-bond acceptors (Lipinski definition) is 8. The van der Waals surface area contributed by atoms with Crippen molar-refractivity contribution in [3.63, 3.8) is 0 Å². The molecule has 2 fully saturated rings. The molecule has 9 heteroatoms. The number of fused-ring (bicyclic) bond motifs is 1. The number of amides is 1. The second kappa shape index (κ2) is 13.1. The van der Waals surface area contributed by atoms with Crippen LogP contribution in [0.5, 0.6) is 0 Å². The number of nitrogens with zero attached hydrogens (tertiary/aromatic N) is 5. The van der Waals surface area contributed by atoms with Gasteiger partial charge in [-0.25, -0.2) is 4.98 Å². The van der Waals surface area contributed by atoms with Gasteiger partial charge < -0.3 is 36.0 Å². The predicted molar refractivity (Wildman–Crippen MR) is 169 cm³/mol. The number of carbonyl (C=O) groups excluding carboxylic acids is 1. The van der Waals surface area contributed by atoms with Crippen molar-refractivity contribution in [2.45, 2.75) is 6.92 Å². The molecule has 9 nitrogen and oxygen atoms in total. The van der Waals surface area contributed by atoms with Crippen LogP contribution in [0, 0.1) is 0 Å². The van der Waals surface area contributed by atoms with Crippen LogP contribution in [0.2, 0.25) is 0 Å². The molecule has 2 saturated heterocycles. The minimum atomic E-state index is -0.191. The average molecular weight is 555 g/mol. The third-order valence-corrected chi connectivity index (χ3v) is 8.06. The summed E-state index contributed by atoms with van der Waals surface area (Å²) < 4.78 is 0. The van der Waals surface area contributed by atoms with Crippen LogP contribution in [0.15, 0.2) is 78.3 Å². The van der Waals surface area contributed by atoms with Crippen LogP contribution in [-0.2, 0) is 0 Å². The summed E-state index contributed by atoms with van der Waals surface area (Å²) in [5.41, 5.74) is 12.4. The second-order valence-electron chi connectivity index (χ2n) is 10.9. The van der Waals surface area contributed by atoms with Gasteiger partial charge in [-0.3, -0.25) is 4.79 Å². The van der Waals surface area contributed by atoms with E-state index in [-0.39, 0.29) is 5.91 Å². The van der Waals surface area contributed by atoms with Crippen LogP contribution in [0.1, 0.15) is 22.8 Å². The third-order valence-electron chi connectivity index (χ3n) is 8.06. The SMILES string of the molecule is C/C=C(/C=C(\C=C/N)C1=CCNc2ncc(C(=O)Nc3ccc(N4CCN(C)CC4)cc3)cc21)N1CCN(C)CC1. The van der Waals surface area contributed by atoms with Crippen molar-refractivity contribution in [1.29, 1.82) is 0 Å². The zero-order valence-corrected chi connectivity index (χ0v) is 24.4. The minimum absolute atomic E-state index is 0.191. The Labute approximate surface area is 243 Å². The molecule has 0 radical (unpaired) electrons. The fraction of sp³-hybridized carbons (Fsp3) is 0.375. The molecule has 1 aromatic carbocycles. The van der Waals surface area contributed by atoms with Crippen molar-refractivity contribution in [2.24, 2.45) is 5.73 Å². The Kier molecular flexibility index (Phi) is 9.06. The summed E-state index contributed by atoms with van der Waals surface area (Å²) in [4.78, 5) is 27.4. The van der Waals surface area contributed by atoms with Crippen LogP contribution < -0.4 is 21.3 Å². The van der Waals surface area contributed by atoms with E-state index < -0.39 is 0 Å². The highest BCUT2D eigenvalue weighted by molar-refractivity contribution is 6.05. The van der Waals surface area contributed by atoms with Crippen LogP contribution in [0.25, 0.3) is 5.57 Å². The highest BCUT2D eigenvalue weighted by Crippen LogP contribution is 2.33. The number of nitrogens with one attached hydrogen (secondary N) is 2. The van der Waals surface area contributed by atoms with Gasteiger partial charge in [0, 0.05) is 87.7 Å². The normalized spacial score (nSPS) is 19.1. The van der Waals surface area contributed by atoms with Gasteiger partial charge in [0.05, 0.1) is 5.56 Å². The highest BCUT2D eigenvalue weighted by atomic mass is 16.1. The lowest BCUT2D eigenvalue weighted by Gasteiger charge is -2.35. The summed E-state index contributed by atoms with van der Waals surface area (Å²) in [5.74, 6) is 0.567. The topological polar surface area (TPSA) is 93.0 Å². The van der Waals surface area contributed by atoms with E-state index in [9.17, 15) is 4.79 Å². The van der Waals surface area contributed by atoms with Crippen molar-refractivity contribution in [3.05, 3.63) is 89.4 Å². The number of benzene rings is 1. The number of piperazine rings is 2. The maximum Gasteiger partial charge on any atom is 0.257 e. The molecule has 2 aromatic rings. The molecule has 3 aliphatic heterocycles. The van der Waals surface area contributed by atoms with Crippen molar-refractivity contribution in [2.75, 3.05) is 88.5 Å². The Bertz CT molecular complexity index is 1340. The van der Waals surface area contributed by atoms with Crippen LogP contribution >= 0.6 is 0 Å². The smallest absolute Gasteiger partial charge is 0.257 e. The molecular weight excluding hydrogens is 512 g/mol. The zero-order chi connectivity index (χ0) is 28.8. The Morgan fingerprint density at radius 2 is 1.68 bits per heavy atom. The molecule has 1 aromatic heterocycles. The zero-order valence-electron chi connectivity index (χ0n) is 24.4. The largest absolute Gasteiger partial charge is 0.405 e. The van der Waals surface area contributed by atoms with Gasteiger partial charge in [-0.05, 0) is 80.8 Å². The lowest BCUT2D eigenvalue weighted by atomic mass is 9.93.